The molecular weight excluding hydrogens is 572 g/mol. The first kappa shape index (κ1) is 31.2. The van der Waals surface area contributed by atoms with Crippen molar-refractivity contribution in [1.82, 2.24) is 0 Å². The number of carbonyl (C=O) groups excluding carboxylic acids is 1. The number of hydrogen-bond donors (Lipinski definition) is 1. The van der Waals surface area contributed by atoms with Crippen LogP contribution in [-0.2, 0) is 0 Å². The van der Waals surface area contributed by atoms with E-state index in [4.69, 9.17) is 19.7 Å². The highest BCUT2D eigenvalue weighted by molar-refractivity contribution is 6.23. The Kier molecular flexibility index (Phi) is 10.2. The van der Waals surface area contributed by atoms with Crippen LogP contribution in [0, 0.1) is 0 Å². The zero-order valence-electron chi connectivity index (χ0n) is 26.4. The van der Waals surface area contributed by atoms with Gasteiger partial charge in [0.2, 0.25) is 0 Å². The molecule has 7 heteroatoms. The van der Waals surface area contributed by atoms with Crippen molar-refractivity contribution in [2.45, 2.75) is 77.4 Å². The highest BCUT2D eigenvalue weighted by atomic mass is 16.6. The topological polar surface area (TPSA) is 96.0 Å². The molecular formula is C39H40N4O3. The number of para-hydroxylation sites is 1. The quantitative estimate of drug-likeness (QED) is 0.130. The van der Waals surface area contributed by atoms with E-state index >= 15 is 0 Å². The lowest BCUT2D eigenvalue weighted by Gasteiger charge is -2.16. The lowest BCUT2D eigenvalue weighted by atomic mass is 9.99. The third-order valence-corrected chi connectivity index (χ3v) is 8.23. The van der Waals surface area contributed by atoms with E-state index in [0.717, 1.165) is 41.4 Å². The number of aliphatic imine (C=N–C) groups is 4. The second-order valence-electron chi connectivity index (χ2n) is 12.0. The van der Waals surface area contributed by atoms with Crippen LogP contribution in [0.15, 0.2) is 139 Å². The summed E-state index contributed by atoms with van der Waals surface area (Å²) in [4.78, 5) is 33.0. The largest absolute Gasteiger partial charge is 0.464 e. The molecule has 0 fully saturated rings. The highest BCUT2D eigenvalue weighted by Gasteiger charge is 2.26. The van der Waals surface area contributed by atoms with E-state index in [1.807, 2.05) is 66.8 Å². The fourth-order valence-corrected chi connectivity index (χ4v) is 5.82. The lowest BCUT2D eigenvalue weighted by Crippen LogP contribution is -2.17. The van der Waals surface area contributed by atoms with Gasteiger partial charge in [-0.25, -0.2) is 20.0 Å². The van der Waals surface area contributed by atoms with Crippen molar-refractivity contribution in [1.29, 1.82) is 0 Å². The first-order valence-electron chi connectivity index (χ1n) is 16.5. The number of carbonyl (C=O) groups is 1. The standard InChI is InChI=1S/C39H40N4O3/c1-2-3-4-5-6-7-8-9-10-15-38(44)46-37-14-12-11-13-34(37)39(45)35-25-33-24-31-19-18-29(41-31)22-27-16-17-28(40-27)23-30-20-21-32(42-30)26-36(35)43-33/h11-14,16-26,38,44H,2-10,15H2,1H3. The van der Waals surface area contributed by atoms with E-state index in [1.165, 1.54) is 44.9 Å². The summed E-state index contributed by atoms with van der Waals surface area (Å²) in [6.45, 7) is 2.24. The molecule has 5 aliphatic rings. The number of rotatable bonds is 14. The van der Waals surface area contributed by atoms with E-state index in [0.29, 0.717) is 40.4 Å². The zero-order valence-corrected chi connectivity index (χ0v) is 26.4. The van der Waals surface area contributed by atoms with Gasteiger partial charge in [0.25, 0.3) is 0 Å². The minimum atomic E-state index is -0.987. The van der Waals surface area contributed by atoms with Crippen LogP contribution < -0.4 is 4.74 Å². The molecule has 1 aromatic rings. The van der Waals surface area contributed by atoms with Gasteiger partial charge in [0.1, 0.15) is 5.75 Å². The molecule has 0 saturated heterocycles. The van der Waals surface area contributed by atoms with Gasteiger partial charge in [-0.15, -0.1) is 0 Å². The highest BCUT2D eigenvalue weighted by Crippen LogP contribution is 2.30. The second kappa shape index (κ2) is 15.0. The molecule has 7 nitrogen and oxygen atoms in total. The molecule has 0 aliphatic carbocycles. The third-order valence-electron chi connectivity index (χ3n) is 8.23. The molecule has 5 heterocycles. The predicted octanol–water partition coefficient (Wildman–Crippen LogP) is 8.45. The van der Waals surface area contributed by atoms with Crippen LogP contribution in [0.5, 0.6) is 5.75 Å². The van der Waals surface area contributed by atoms with E-state index in [-0.39, 0.29) is 5.78 Å². The molecule has 1 atom stereocenters. The first-order valence-corrected chi connectivity index (χ1v) is 16.5. The van der Waals surface area contributed by atoms with E-state index in [2.05, 4.69) is 11.9 Å². The fourth-order valence-electron chi connectivity index (χ4n) is 5.82. The van der Waals surface area contributed by atoms with Crippen LogP contribution in [0.3, 0.4) is 0 Å². The number of hydrogen-bond acceptors (Lipinski definition) is 7. The van der Waals surface area contributed by atoms with Crippen LogP contribution in [-0.4, -0.2) is 40.0 Å². The first-order chi connectivity index (χ1) is 22.5. The van der Waals surface area contributed by atoms with Gasteiger partial charge in [0, 0.05) is 6.42 Å². The molecule has 0 saturated carbocycles. The molecule has 1 aromatic carbocycles. The summed E-state index contributed by atoms with van der Waals surface area (Å²) in [5, 5.41) is 10.7. The molecule has 8 bridgehead atoms. The van der Waals surface area contributed by atoms with Gasteiger partial charge in [0.05, 0.1) is 56.8 Å². The maximum Gasteiger partial charge on any atom is 0.199 e. The number of ketones is 1. The Balaban J connectivity index is 1.18. The molecule has 1 unspecified atom stereocenters. The number of unbranched alkanes of at least 4 members (excludes halogenated alkanes) is 8. The van der Waals surface area contributed by atoms with E-state index in [9.17, 15) is 9.90 Å². The van der Waals surface area contributed by atoms with Crippen molar-refractivity contribution in [3.8, 4) is 5.75 Å². The number of nitrogens with zero attached hydrogens (tertiary/aromatic N) is 4. The summed E-state index contributed by atoms with van der Waals surface area (Å²) in [6.07, 6.45) is 31.2. The Morgan fingerprint density at radius 1 is 0.652 bits per heavy atom. The molecule has 5 aliphatic heterocycles. The molecule has 1 N–H and O–H groups in total. The number of fused-ring (bicyclic) bond motifs is 4. The Morgan fingerprint density at radius 2 is 1.20 bits per heavy atom. The maximum atomic E-state index is 14.1. The van der Waals surface area contributed by atoms with Crippen LogP contribution in [0.1, 0.15) is 81.5 Å². The summed E-state index contributed by atoms with van der Waals surface area (Å²) in [5.41, 5.74) is 6.52. The van der Waals surface area contributed by atoms with Crippen molar-refractivity contribution in [2.24, 2.45) is 20.0 Å². The average molecular weight is 613 g/mol. The fraction of sp³-hybridized carbons (Fsp3) is 0.308. The van der Waals surface area contributed by atoms with Gasteiger partial charge >= 0.3 is 0 Å². The zero-order chi connectivity index (χ0) is 31.7. The van der Waals surface area contributed by atoms with Gasteiger partial charge in [-0.05, 0) is 85.4 Å². The normalized spacial score (nSPS) is 18.3. The molecule has 6 rings (SSSR count). The number of aliphatic hydroxyl groups excluding tert-OH is 1. The van der Waals surface area contributed by atoms with Gasteiger partial charge in [-0.3, -0.25) is 4.79 Å². The minimum Gasteiger partial charge on any atom is -0.464 e. The number of aliphatic hydroxyl groups is 1. The molecule has 46 heavy (non-hydrogen) atoms. The monoisotopic (exact) mass is 612 g/mol. The van der Waals surface area contributed by atoms with Crippen LogP contribution in [0.25, 0.3) is 0 Å². The van der Waals surface area contributed by atoms with Gasteiger partial charge in [0.15, 0.2) is 12.1 Å². The summed E-state index contributed by atoms with van der Waals surface area (Å²) in [6, 6.07) is 7.08. The third kappa shape index (κ3) is 8.09. The van der Waals surface area contributed by atoms with Crippen LogP contribution in [0.2, 0.25) is 0 Å². The van der Waals surface area contributed by atoms with Gasteiger partial charge in [-0.2, -0.15) is 0 Å². The van der Waals surface area contributed by atoms with E-state index in [1.54, 1.807) is 24.3 Å². The van der Waals surface area contributed by atoms with E-state index < -0.39 is 6.29 Å². The summed E-state index contributed by atoms with van der Waals surface area (Å²) >= 11 is 0. The smallest absolute Gasteiger partial charge is 0.199 e. The predicted molar refractivity (Wildman–Crippen MR) is 187 cm³/mol. The Hall–Kier alpha value is -4.75. The molecule has 0 radical (unpaired) electrons. The second-order valence-corrected chi connectivity index (χ2v) is 12.0. The molecule has 0 spiro atoms. The molecule has 0 aromatic heterocycles. The Bertz CT molecular complexity index is 1750. The summed E-state index contributed by atoms with van der Waals surface area (Å²) in [5.74, 6) is 0.118. The van der Waals surface area contributed by atoms with Crippen molar-refractivity contribution in [2.75, 3.05) is 0 Å². The van der Waals surface area contributed by atoms with Gasteiger partial charge < -0.3 is 9.84 Å². The van der Waals surface area contributed by atoms with Crippen molar-refractivity contribution in [3.63, 3.8) is 0 Å². The van der Waals surface area contributed by atoms with Crippen LogP contribution in [0.4, 0.5) is 0 Å². The van der Waals surface area contributed by atoms with Crippen molar-refractivity contribution >= 4 is 28.6 Å². The lowest BCUT2D eigenvalue weighted by molar-refractivity contribution is -0.0249. The molecule has 0 amide bonds. The minimum absolute atomic E-state index is 0.238. The number of benzene rings is 1. The average Bonchev–Trinajstić information content (AvgIpc) is 3.86. The van der Waals surface area contributed by atoms with Crippen LogP contribution >= 0.6 is 0 Å². The Labute approximate surface area is 271 Å². The summed E-state index contributed by atoms with van der Waals surface area (Å²) in [7, 11) is 0. The number of allylic oxidation sites excluding steroid dienone is 12. The van der Waals surface area contributed by atoms with Crippen molar-refractivity contribution < 1.29 is 14.6 Å². The number of ether oxygens (including phenoxy) is 1. The summed E-state index contributed by atoms with van der Waals surface area (Å²) < 4.78 is 5.94. The maximum absolute atomic E-state index is 14.1. The Morgan fingerprint density at radius 3 is 1.83 bits per heavy atom. The SMILES string of the molecule is CCCCCCCCCCCC(O)Oc1ccccc1C(=O)C1=CC2=NC1=CC1=NC(=CC3=NC(=CC4=NC(=C2)C=C4)C=C3)C=C1. The number of Topliss-reactive ketones (excluding diaryl/α,β-unsaturated/α-hetero) is 1. The van der Waals surface area contributed by atoms with Crippen molar-refractivity contribution in [3.05, 3.63) is 125 Å². The molecule has 234 valence electrons. The van der Waals surface area contributed by atoms with Gasteiger partial charge in [-0.1, -0.05) is 70.4 Å².